The van der Waals surface area contributed by atoms with Gasteiger partial charge in [-0.2, -0.15) is 0 Å². The minimum absolute atomic E-state index is 0.167. The second kappa shape index (κ2) is 6.28. The predicted molar refractivity (Wildman–Crippen MR) is 94.5 cm³/mol. The molecule has 4 rings (SSSR count). The van der Waals surface area contributed by atoms with Gasteiger partial charge in [0.15, 0.2) is 0 Å². The van der Waals surface area contributed by atoms with Crippen LogP contribution < -0.4 is 0 Å². The summed E-state index contributed by atoms with van der Waals surface area (Å²) in [6.45, 7) is 0. The van der Waals surface area contributed by atoms with Gasteiger partial charge in [-0.25, -0.2) is 9.78 Å². The Morgan fingerprint density at radius 3 is 2.58 bits per heavy atom. The average molecular weight is 342 g/mol. The number of aromatic nitrogens is 2. The van der Waals surface area contributed by atoms with Gasteiger partial charge in [0.1, 0.15) is 0 Å². The summed E-state index contributed by atoms with van der Waals surface area (Å²) < 4.78 is 1.76. The van der Waals surface area contributed by atoms with Gasteiger partial charge < -0.3 is 9.67 Å². The minimum atomic E-state index is -0.939. The Hall–Kier alpha value is -1.75. The molecule has 0 radical (unpaired) electrons. The first kappa shape index (κ1) is 15.8. The summed E-state index contributed by atoms with van der Waals surface area (Å²) >= 11 is 1.79. The van der Waals surface area contributed by atoms with E-state index in [1.807, 2.05) is 13.1 Å². The van der Waals surface area contributed by atoms with Crippen molar-refractivity contribution in [2.75, 3.05) is 0 Å². The number of rotatable bonds is 3. The van der Waals surface area contributed by atoms with E-state index < -0.39 is 5.97 Å². The number of carbonyl (C=O) groups is 1. The fourth-order valence-corrected chi connectivity index (χ4v) is 5.85. The lowest BCUT2D eigenvalue weighted by molar-refractivity contribution is 0.0678. The van der Waals surface area contributed by atoms with Crippen LogP contribution in [0.1, 0.15) is 65.1 Å². The Kier molecular flexibility index (Phi) is 4.12. The molecule has 0 unspecified atom stereocenters. The molecule has 1 saturated carbocycles. The van der Waals surface area contributed by atoms with Crippen molar-refractivity contribution in [1.29, 1.82) is 0 Å². The summed E-state index contributed by atoms with van der Waals surface area (Å²) in [4.78, 5) is 16.0. The van der Waals surface area contributed by atoms with Crippen LogP contribution in [0.25, 0.3) is 0 Å². The molecule has 1 aliphatic heterocycles. The van der Waals surface area contributed by atoms with Gasteiger partial charge in [-0.1, -0.05) is 61.4 Å². The summed E-state index contributed by atoms with van der Waals surface area (Å²) in [5.41, 5.74) is 2.34. The Morgan fingerprint density at radius 2 is 1.92 bits per heavy atom. The van der Waals surface area contributed by atoms with E-state index in [-0.39, 0.29) is 5.82 Å². The molecule has 4 nitrogen and oxygen atoms in total. The maximum Gasteiger partial charge on any atom is 0.372 e. The van der Waals surface area contributed by atoms with Crippen LogP contribution in [0.4, 0.5) is 0 Å². The number of benzene rings is 1. The third-order valence-electron chi connectivity index (χ3n) is 5.43. The van der Waals surface area contributed by atoms with Crippen LogP contribution in [0.2, 0.25) is 0 Å². The van der Waals surface area contributed by atoms with E-state index in [0.717, 1.165) is 10.7 Å². The minimum Gasteiger partial charge on any atom is -0.475 e. The molecule has 0 spiro atoms. The maximum atomic E-state index is 11.5. The van der Waals surface area contributed by atoms with Crippen molar-refractivity contribution < 1.29 is 9.90 Å². The molecule has 0 saturated heterocycles. The van der Waals surface area contributed by atoms with Gasteiger partial charge in [-0.05, 0) is 24.3 Å². The number of thioether (sulfide) groups is 1. The zero-order valence-corrected chi connectivity index (χ0v) is 14.6. The first-order valence-electron chi connectivity index (χ1n) is 8.68. The van der Waals surface area contributed by atoms with Gasteiger partial charge in [-0.15, -0.1) is 0 Å². The van der Waals surface area contributed by atoms with Gasteiger partial charge in [0.2, 0.25) is 5.82 Å². The second-order valence-corrected chi connectivity index (χ2v) is 7.99. The SMILES string of the molecule is Cn1c(C(=O)O)nc2c1S[C@@H](c1ccccc1)[C@H]2C1CCCCC1. The monoisotopic (exact) mass is 342 g/mol. The molecular weight excluding hydrogens is 320 g/mol. The number of carboxylic acid groups (broad SMARTS) is 1. The van der Waals surface area contributed by atoms with Crippen molar-refractivity contribution in [1.82, 2.24) is 9.55 Å². The highest BCUT2D eigenvalue weighted by molar-refractivity contribution is 7.99. The lowest BCUT2D eigenvalue weighted by atomic mass is 9.76. The van der Waals surface area contributed by atoms with E-state index in [0.29, 0.717) is 17.1 Å². The quantitative estimate of drug-likeness (QED) is 0.883. The van der Waals surface area contributed by atoms with Crippen molar-refractivity contribution in [2.24, 2.45) is 13.0 Å². The smallest absolute Gasteiger partial charge is 0.372 e. The molecule has 1 aromatic carbocycles. The second-order valence-electron chi connectivity index (χ2n) is 6.86. The third kappa shape index (κ3) is 2.55. The zero-order chi connectivity index (χ0) is 16.7. The lowest BCUT2D eigenvalue weighted by Crippen LogP contribution is -2.19. The van der Waals surface area contributed by atoms with Gasteiger partial charge in [0, 0.05) is 18.2 Å². The van der Waals surface area contributed by atoms with Crippen molar-refractivity contribution in [2.45, 2.75) is 48.3 Å². The van der Waals surface area contributed by atoms with E-state index in [4.69, 9.17) is 0 Å². The topological polar surface area (TPSA) is 55.1 Å². The van der Waals surface area contributed by atoms with Crippen molar-refractivity contribution >= 4 is 17.7 Å². The number of fused-ring (bicyclic) bond motifs is 1. The largest absolute Gasteiger partial charge is 0.475 e. The first-order valence-corrected chi connectivity index (χ1v) is 9.56. The molecule has 2 aliphatic rings. The first-order chi connectivity index (χ1) is 11.7. The third-order valence-corrected chi connectivity index (χ3v) is 6.95. The van der Waals surface area contributed by atoms with Crippen LogP contribution in [0.15, 0.2) is 35.4 Å². The van der Waals surface area contributed by atoms with Gasteiger partial charge in [0.05, 0.1) is 10.7 Å². The number of hydrogen-bond acceptors (Lipinski definition) is 3. The summed E-state index contributed by atoms with van der Waals surface area (Å²) in [5.74, 6) is 0.159. The maximum absolute atomic E-state index is 11.5. The van der Waals surface area contributed by atoms with Crippen molar-refractivity contribution in [3.63, 3.8) is 0 Å². The van der Waals surface area contributed by atoms with Crippen molar-refractivity contribution in [3.8, 4) is 0 Å². The Bertz CT molecular complexity index is 750. The number of nitrogens with zero attached hydrogens (tertiary/aromatic N) is 2. The molecule has 1 aliphatic carbocycles. The summed E-state index contributed by atoms with van der Waals surface area (Å²) in [6.07, 6.45) is 6.34. The highest BCUT2D eigenvalue weighted by Gasteiger charge is 2.43. The number of hydrogen-bond donors (Lipinski definition) is 1. The summed E-state index contributed by atoms with van der Waals surface area (Å²) in [6, 6.07) is 10.6. The van der Waals surface area contributed by atoms with Gasteiger partial charge in [0.25, 0.3) is 0 Å². The molecule has 0 bridgehead atoms. The predicted octanol–water partition coefficient (Wildman–Crippen LogP) is 4.63. The molecule has 5 heteroatoms. The van der Waals surface area contributed by atoms with Gasteiger partial charge >= 0.3 is 5.97 Å². The van der Waals surface area contributed by atoms with Crippen LogP contribution >= 0.6 is 11.8 Å². The number of aromatic carboxylic acids is 1. The van der Waals surface area contributed by atoms with Crippen LogP contribution in [0, 0.1) is 5.92 Å². The number of imidazole rings is 1. The van der Waals surface area contributed by atoms with Crippen LogP contribution in [-0.4, -0.2) is 20.6 Å². The normalized spacial score (nSPS) is 24.0. The van der Waals surface area contributed by atoms with E-state index in [1.54, 1.807) is 16.3 Å². The Morgan fingerprint density at radius 1 is 1.21 bits per heavy atom. The molecule has 2 atom stereocenters. The molecule has 24 heavy (non-hydrogen) atoms. The fourth-order valence-electron chi connectivity index (χ4n) is 4.27. The lowest BCUT2D eigenvalue weighted by Gasteiger charge is -2.31. The van der Waals surface area contributed by atoms with E-state index in [9.17, 15) is 9.90 Å². The van der Waals surface area contributed by atoms with Crippen molar-refractivity contribution in [3.05, 3.63) is 47.4 Å². The molecular formula is C19H22N2O2S. The highest BCUT2D eigenvalue weighted by Crippen LogP contribution is 2.58. The fraction of sp³-hybridized carbons (Fsp3) is 0.474. The molecule has 1 fully saturated rings. The molecule has 0 amide bonds. The Labute approximate surface area is 146 Å². The highest BCUT2D eigenvalue weighted by atomic mass is 32.2. The molecule has 2 aromatic rings. The molecule has 1 N–H and O–H groups in total. The molecule has 126 valence electrons. The number of carboxylic acids is 1. The average Bonchev–Trinajstić information content (AvgIpc) is 3.14. The van der Waals surface area contributed by atoms with Crippen LogP contribution in [0.5, 0.6) is 0 Å². The van der Waals surface area contributed by atoms with E-state index >= 15 is 0 Å². The van der Waals surface area contributed by atoms with E-state index in [2.05, 4.69) is 29.2 Å². The standard InChI is InChI=1S/C19H22N2O2S/c1-21-17(19(22)23)20-15-14(12-8-4-2-5-9-12)16(24-18(15)21)13-10-6-3-7-11-13/h3,6-7,10-12,14,16H,2,4-5,8-9H2,1H3,(H,22,23)/t14-,16-/m0/s1. The molecule has 2 heterocycles. The zero-order valence-electron chi connectivity index (χ0n) is 13.8. The summed E-state index contributed by atoms with van der Waals surface area (Å²) in [7, 11) is 1.83. The molecule has 1 aromatic heterocycles. The van der Waals surface area contributed by atoms with Gasteiger partial charge in [-0.3, -0.25) is 0 Å². The van der Waals surface area contributed by atoms with Crippen LogP contribution in [0.3, 0.4) is 0 Å². The summed E-state index contributed by atoms with van der Waals surface area (Å²) in [5, 5.41) is 10.8. The van der Waals surface area contributed by atoms with E-state index in [1.165, 1.54) is 37.7 Å². The van der Waals surface area contributed by atoms with Crippen LogP contribution in [-0.2, 0) is 7.05 Å². The Balaban J connectivity index is 1.77.